The quantitative estimate of drug-likeness (QED) is 0.398. The van der Waals surface area contributed by atoms with E-state index in [1.807, 2.05) is 0 Å². The minimum atomic E-state index is -1.06. The second-order valence-corrected chi connectivity index (χ2v) is 3.90. The first-order chi connectivity index (χ1) is 9.55. The van der Waals surface area contributed by atoms with E-state index in [1.54, 1.807) is 18.2 Å². The number of hydrogen-bond acceptors (Lipinski definition) is 6. The Balaban J connectivity index is 2.35. The zero-order valence-corrected chi connectivity index (χ0v) is 10.9. The molecule has 1 N–H and O–H groups in total. The Morgan fingerprint density at radius 2 is 2.00 bits per heavy atom. The maximum atomic E-state index is 11.3. The van der Waals surface area contributed by atoms with E-state index in [9.17, 15) is 14.7 Å². The molecule has 0 radical (unpaired) electrons. The Hall–Kier alpha value is -2.76. The van der Waals surface area contributed by atoms with E-state index >= 15 is 0 Å². The highest BCUT2D eigenvalue weighted by Gasteiger charge is 2.15. The van der Waals surface area contributed by atoms with Gasteiger partial charge in [-0.1, -0.05) is 0 Å². The van der Waals surface area contributed by atoms with Crippen molar-refractivity contribution >= 4 is 28.5 Å². The van der Waals surface area contributed by atoms with Gasteiger partial charge in [0.15, 0.2) is 11.5 Å². The highest BCUT2D eigenvalue weighted by Crippen LogP contribution is 2.26. The number of rotatable bonds is 4. The molecule has 0 saturated carbocycles. The zero-order chi connectivity index (χ0) is 14.7. The molecule has 6 nitrogen and oxygen atoms in total. The van der Waals surface area contributed by atoms with Crippen LogP contribution in [0.2, 0.25) is 0 Å². The molecule has 1 aromatic heterocycles. The number of methoxy groups -OCH3 is 2. The van der Waals surface area contributed by atoms with Crippen molar-refractivity contribution in [2.45, 2.75) is 0 Å². The molecule has 0 aliphatic rings. The lowest BCUT2D eigenvalue weighted by Gasteiger charge is -1.96. The minimum Gasteiger partial charge on any atom is -0.504 e. The topological polar surface area (TPSA) is 86.0 Å². The third kappa shape index (κ3) is 2.64. The molecule has 0 atom stereocenters. The van der Waals surface area contributed by atoms with Gasteiger partial charge in [-0.15, -0.1) is 0 Å². The Morgan fingerprint density at radius 3 is 2.65 bits per heavy atom. The molecule has 6 heteroatoms. The maximum absolute atomic E-state index is 11.3. The Labute approximate surface area is 114 Å². The van der Waals surface area contributed by atoms with Crippen LogP contribution in [0.3, 0.4) is 0 Å². The summed E-state index contributed by atoms with van der Waals surface area (Å²) in [6.45, 7) is 0. The molecule has 0 spiro atoms. The second kappa shape index (κ2) is 5.48. The lowest BCUT2D eigenvalue weighted by atomic mass is 10.2. The summed E-state index contributed by atoms with van der Waals surface area (Å²) in [5, 5.41) is 10.5. The number of carbonyl (C=O) groups is 2. The summed E-state index contributed by atoms with van der Waals surface area (Å²) in [5.41, 5.74) is 0.520. The number of benzene rings is 1. The van der Waals surface area contributed by atoms with E-state index in [0.29, 0.717) is 16.7 Å². The average molecular weight is 276 g/mol. The van der Waals surface area contributed by atoms with Crippen molar-refractivity contribution in [1.82, 2.24) is 0 Å². The van der Waals surface area contributed by atoms with Gasteiger partial charge >= 0.3 is 5.97 Å². The molecule has 0 amide bonds. The van der Waals surface area contributed by atoms with E-state index in [4.69, 9.17) is 9.15 Å². The van der Waals surface area contributed by atoms with E-state index in [1.165, 1.54) is 13.2 Å². The molecule has 0 bridgehead atoms. The summed E-state index contributed by atoms with van der Waals surface area (Å²) >= 11 is 0. The molecule has 1 aromatic carbocycles. The number of aliphatic hydroxyl groups is 1. The van der Waals surface area contributed by atoms with Crippen LogP contribution in [0.4, 0.5) is 0 Å². The highest BCUT2D eigenvalue weighted by atomic mass is 16.5. The van der Waals surface area contributed by atoms with Crippen LogP contribution in [0.5, 0.6) is 5.75 Å². The lowest BCUT2D eigenvalue weighted by Crippen LogP contribution is -2.12. The molecule has 2 rings (SSSR count). The van der Waals surface area contributed by atoms with Crippen molar-refractivity contribution in [3.63, 3.8) is 0 Å². The van der Waals surface area contributed by atoms with Gasteiger partial charge in [0.1, 0.15) is 11.3 Å². The fourth-order valence-corrected chi connectivity index (χ4v) is 1.63. The number of esters is 1. The van der Waals surface area contributed by atoms with Crippen molar-refractivity contribution in [2.24, 2.45) is 0 Å². The van der Waals surface area contributed by atoms with Gasteiger partial charge in [0, 0.05) is 11.5 Å². The number of ketones is 1. The van der Waals surface area contributed by atoms with Gasteiger partial charge in [-0.05, 0) is 24.3 Å². The van der Waals surface area contributed by atoms with Crippen LogP contribution >= 0.6 is 0 Å². The molecule has 0 unspecified atom stereocenters. The predicted octanol–water partition coefficient (Wildman–Crippen LogP) is 2.08. The van der Waals surface area contributed by atoms with Crippen molar-refractivity contribution in [2.75, 3.05) is 14.2 Å². The number of ether oxygens (including phenoxy) is 2. The molecule has 1 heterocycles. The van der Waals surface area contributed by atoms with Gasteiger partial charge in [-0.2, -0.15) is 0 Å². The number of fused-ring (bicyclic) bond motifs is 1. The number of hydrogen-bond donors (Lipinski definition) is 1. The van der Waals surface area contributed by atoms with Gasteiger partial charge in [-0.25, -0.2) is 4.79 Å². The summed E-state index contributed by atoms with van der Waals surface area (Å²) < 4.78 is 14.7. The highest BCUT2D eigenvalue weighted by molar-refractivity contribution is 6.39. The van der Waals surface area contributed by atoms with Crippen molar-refractivity contribution in [3.8, 4) is 5.75 Å². The molecular formula is C14H12O6. The number of aliphatic hydroxyl groups excluding tert-OH is 1. The number of carbonyl (C=O) groups excluding carboxylic acids is 2. The molecule has 0 fully saturated rings. The summed E-state index contributed by atoms with van der Waals surface area (Å²) in [6.07, 6.45) is 0.751. The van der Waals surface area contributed by atoms with Crippen molar-refractivity contribution < 1.29 is 28.6 Å². The third-order valence-corrected chi connectivity index (χ3v) is 2.63. The van der Waals surface area contributed by atoms with Crippen LogP contribution in [0.25, 0.3) is 16.7 Å². The first kappa shape index (κ1) is 13.7. The van der Waals surface area contributed by atoms with E-state index in [-0.39, 0.29) is 5.76 Å². The predicted molar refractivity (Wildman–Crippen MR) is 70.4 cm³/mol. The lowest BCUT2D eigenvalue weighted by molar-refractivity contribution is -0.149. The molecule has 0 saturated heterocycles. The molecule has 0 aliphatic heterocycles. The molecule has 0 aliphatic carbocycles. The largest absolute Gasteiger partial charge is 0.504 e. The molecular weight excluding hydrogens is 264 g/mol. The smallest absolute Gasteiger partial charge is 0.378 e. The zero-order valence-electron chi connectivity index (χ0n) is 10.9. The van der Waals surface area contributed by atoms with Gasteiger partial charge < -0.3 is 19.0 Å². The monoisotopic (exact) mass is 276 g/mol. The normalized spacial score (nSPS) is 11.4. The van der Waals surface area contributed by atoms with Crippen molar-refractivity contribution in [1.29, 1.82) is 0 Å². The SMILES string of the molecule is COC(=O)C(=O)/C=C(\O)c1cc2cc(OC)ccc2o1. The van der Waals surface area contributed by atoms with Gasteiger partial charge in [0.25, 0.3) is 5.78 Å². The summed E-state index contributed by atoms with van der Waals surface area (Å²) in [5.74, 6) is -1.77. The molecule has 104 valence electrons. The summed E-state index contributed by atoms with van der Waals surface area (Å²) in [6, 6.07) is 6.63. The second-order valence-electron chi connectivity index (χ2n) is 3.90. The maximum Gasteiger partial charge on any atom is 0.378 e. The molecule has 2 aromatic rings. The summed E-state index contributed by atoms with van der Waals surface area (Å²) in [7, 11) is 2.62. The van der Waals surface area contributed by atoms with Crippen LogP contribution in [0.15, 0.2) is 34.8 Å². The first-order valence-corrected chi connectivity index (χ1v) is 5.66. The summed E-state index contributed by atoms with van der Waals surface area (Å²) in [4.78, 5) is 22.3. The van der Waals surface area contributed by atoms with Crippen LogP contribution in [-0.2, 0) is 14.3 Å². The Kier molecular flexibility index (Phi) is 3.74. The van der Waals surface area contributed by atoms with Crippen molar-refractivity contribution in [3.05, 3.63) is 36.1 Å². The Bertz CT molecular complexity index is 695. The molecule has 20 heavy (non-hydrogen) atoms. The van der Waals surface area contributed by atoms with E-state index < -0.39 is 17.5 Å². The van der Waals surface area contributed by atoms with Crippen LogP contribution < -0.4 is 4.74 Å². The standard InChI is InChI=1S/C14H12O6/c1-18-9-3-4-12-8(5-9)6-13(20-12)10(15)7-11(16)14(17)19-2/h3-7,15H,1-2H3/b10-7-. The first-order valence-electron chi connectivity index (χ1n) is 5.66. The van der Waals surface area contributed by atoms with Gasteiger partial charge in [-0.3, -0.25) is 4.79 Å². The van der Waals surface area contributed by atoms with E-state index in [2.05, 4.69) is 4.74 Å². The number of furan rings is 1. The van der Waals surface area contributed by atoms with E-state index in [0.717, 1.165) is 13.2 Å². The van der Waals surface area contributed by atoms with Crippen LogP contribution in [0.1, 0.15) is 5.76 Å². The fourth-order valence-electron chi connectivity index (χ4n) is 1.63. The minimum absolute atomic E-state index is 0.0745. The van der Waals surface area contributed by atoms with Gasteiger partial charge in [0.05, 0.1) is 14.2 Å². The van der Waals surface area contributed by atoms with Gasteiger partial charge in [0.2, 0.25) is 0 Å². The van der Waals surface area contributed by atoms with Crippen LogP contribution in [-0.4, -0.2) is 31.1 Å². The Morgan fingerprint density at radius 1 is 1.25 bits per heavy atom. The average Bonchev–Trinajstić information content (AvgIpc) is 2.88. The third-order valence-electron chi connectivity index (χ3n) is 2.63. The fraction of sp³-hybridized carbons (Fsp3) is 0.143. The van der Waals surface area contributed by atoms with Crippen LogP contribution in [0, 0.1) is 0 Å².